The van der Waals surface area contributed by atoms with Crippen LogP contribution in [0.3, 0.4) is 0 Å². The number of hydrogen-bond acceptors (Lipinski definition) is 9. The molecule has 0 bridgehead atoms. The van der Waals surface area contributed by atoms with E-state index in [1.54, 1.807) is 27.7 Å². The molecule has 3 aromatic rings. The van der Waals surface area contributed by atoms with Crippen molar-refractivity contribution in [1.82, 2.24) is 15.3 Å². The standard InChI is InChI=1S/C23H25FN4O5S/c1-5-32-23(31)18-12(4)16-19(25)26-15(27-21(16)34-18)10-33-22(30)17(11(2)3)28-20(29)13-8-6-7-9-14(13)24/h6-9,11,17H,5,10H2,1-4H3,(H,28,29)(H2,25,26,27)/t17-/m0/s1. The summed E-state index contributed by atoms with van der Waals surface area (Å²) >= 11 is 1.11. The third-order valence-corrected chi connectivity index (χ3v) is 6.16. The van der Waals surface area contributed by atoms with E-state index in [2.05, 4.69) is 15.3 Å². The van der Waals surface area contributed by atoms with E-state index in [9.17, 15) is 18.8 Å². The number of anilines is 1. The molecule has 34 heavy (non-hydrogen) atoms. The highest BCUT2D eigenvalue weighted by molar-refractivity contribution is 7.20. The van der Waals surface area contributed by atoms with Crippen LogP contribution in [0.1, 0.15) is 52.2 Å². The number of nitrogens with one attached hydrogen (secondary N) is 1. The van der Waals surface area contributed by atoms with Gasteiger partial charge in [-0.3, -0.25) is 4.79 Å². The molecule has 0 saturated heterocycles. The van der Waals surface area contributed by atoms with Crippen LogP contribution in [0.25, 0.3) is 10.2 Å². The zero-order valence-corrected chi connectivity index (χ0v) is 20.0. The number of esters is 2. The lowest BCUT2D eigenvalue weighted by molar-refractivity contribution is -0.148. The average molecular weight is 489 g/mol. The first-order chi connectivity index (χ1) is 16.1. The first-order valence-electron chi connectivity index (χ1n) is 10.6. The van der Waals surface area contributed by atoms with Gasteiger partial charge in [-0.15, -0.1) is 11.3 Å². The van der Waals surface area contributed by atoms with Gasteiger partial charge in [0, 0.05) is 0 Å². The molecule has 0 fully saturated rings. The Morgan fingerprint density at radius 2 is 1.88 bits per heavy atom. The molecular weight excluding hydrogens is 463 g/mol. The van der Waals surface area contributed by atoms with Gasteiger partial charge in [0.15, 0.2) is 12.4 Å². The van der Waals surface area contributed by atoms with Crippen LogP contribution in [0, 0.1) is 18.7 Å². The van der Waals surface area contributed by atoms with Gasteiger partial charge in [-0.25, -0.2) is 23.9 Å². The summed E-state index contributed by atoms with van der Waals surface area (Å²) in [7, 11) is 0. The minimum absolute atomic E-state index is 0.137. The van der Waals surface area contributed by atoms with Gasteiger partial charge in [-0.05, 0) is 37.5 Å². The second kappa shape index (κ2) is 10.6. The van der Waals surface area contributed by atoms with E-state index in [0.717, 1.165) is 17.4 Å². The molecule has 0 aliphatic carbocycles. The predicted molar refractivity (Wildman–Crippen MR) is 125 cm³/mol. The van der Waals surface area contributed by atoms with Gasteiger partial charge in [0.25, 0.3) is 5.91 Å². The Kier molecular flexibility index (Phi) is 7.77. The van der Waals surface area contributed by atoms with Gasteiger partial charge < -0.3 is 20.5 Å². The zero-order valence-electron chi connectivity index (χ0n) is 19.2. The molecule has 180 valence electrons. The highest BCUT2D eigenvalue weighted by atomic mass is 32.1. The van der Waals surface area contributed by atoms with Gasteiger partial charge in [-0.1, -0.05) is 26.0 Å². The number of nitrogen functional groups attached to an aromatic ring is 1. The van der Waals surface area contributed by atoms with Gasteiger partial charge in [-0.2, -0.15) is 0 Å². The van der Waals surface area contributed by atoms with Crippen molar-refractivity contribution in [2.45, 2.75) is 40.3 Å². The van der Waals surface area contributed by atoms with E-state index in [1.807, 2.05) is 0 Å². The Bertz CT molecular complexity index is 1240. The van der Waals surface area contributed by atoms with E-state index in [1.165, 1.54) is 18.2 Å². The highest BCUT2D eigenvalue weighted by Gasteiger charge is 2.28. The number of halogens is 1. The van der Waals surface area contributed by atoms with Crippen LogP contribution in [0.4, 0.5) is 10.2 Å². The summed E-state index contributed by atoms with van der Waals surface area (Å²) in [5.41, 5.74) is 6.52. The Balaban J connectivity index is 1.75. The average Bonchev–Trinajstić information content (AvgIpc) is 3.12. The number of fused-ring (bicyclic) bond motifs is 1. The summed E-state index contributed by atoms with van der Waals surface area (Å²) < 4.78 is 24.3. The first kappa shape index (κ1) is 25.0. The Hall–Kier alpha value is -3.60. The van der Waals surface area contributed by atoms with Crippen molar-refractivity contribution in [2.75, 3.05) is 12.3 Å². The smallest absolute Gasteiger partial charge is 0.348 e. The lowest BCUT2D eigenvalue weighted by Gasteiger charge is -2.21. The molecule has 0 radical (unpaired) electrons. The molecular formula is C23H25FN4O5S. The number of rotatable bonds is 8. The van der Waals surface area contributed by atoms with E-state index < -0.39 is 29.7 Å². The molecule has 3 rings (SSSR count). The number of carbonyl (C=O) groups excluding carboxylic acids is 3. The largest absolute Gasteiger partial charge is 0.462 e. The van der Waals surface area contributed by atoms with Crippen molar-refractivity contribution >= 4 is 45.2 Å². The molecule has 11 heteroatoms. The Morgan fingerprint density at radius 1 is 1.18 bits per heavy atom. The number of ether oxygens (including phenoxy) is 2. The fourth-order valence-corrected chi connectivity index (χ4v) is 4.36. The molecule has 2 aromatic heterocycles. The second-order valence-corrected chi connectivity index (χ2v) is 8.76. The van der Waals surface area contributed by atoms with Crippen LogP contribution in [0.5, 0.6) is 0 Å². The zero-order chi connectivity index (χ0) is 25.0. The summed E-state index contributed by atoms with van der Waals surface area (Å²) in [6.45, 7) is 6.82. The van der Waals surface area contributed by atoms with Crippen LogP contribution in [0.2, 0.25) is 0 Å². The van der Waals surface area contributed by atoms with Gasteiger partial charge in [0.1, 0.15) is 27.4 Å². The molecule has 0 aliphatic heterocycles. The number of thiophene rings is 1. The SMILES string of the molecule is CCOC(=O)c1sc2nc(COC(=O)[C@@H](NC(=O)c3ccccc3F)C(C)C)nc(N)c2c1C. The number of hydrogen-bond donors (Lipinski definition) is 2. The van der Waals surface area contributed by atoms with Crippen molar-refractivity contribution in [3.63, 3.8) is 0 Å². The van der Waals surface area contributed by atoms with Crippen molar-refractivity contribution in [3.8, 4) is 0 Å². The van der Waals surface area contributed by atoms with E-state index >= 15 is 0 Å². The third-order valence-electron chi connectivity index (χ3n) is 4.99. The quantitative estimate of drug-likeness (QED) is 0.461. The Labute approximate surface area is 199 Å². The molecule has 1 atom stereocenters. The maximum atomic E-state index is 13.9. The maximum Gasteiger partial charge on any atom is 0.348 e. The minimum atomic E-state index is -1.02. The first-order valence-corrected chi connectivity index (χ1v) is 11.4. The summed E-state index contributed by atoms with van der Waals surface area (Å²) in [5.74, 6) is -2.66. The van der Waals surface area contributed by atoms with E-state index in [4.69, 9.17) is 15.2 Å². The molecule has 0 saturated carbocycles. The molecule has 1 amide bonds. The van der Waals surface area contributed by atoms with Crippen LogP contribution in [0.15, 0.2) is 24.3 Å². The third kappa shape index (κ3) is 5.30. The molecule has 3 N–H and O–H groups in total. The van der Waals surface area contributed by atoms with Crippen LogP contribution >= 0.6 is 11.3 Å². The van der Waals surface area contributed by atoms with E-state index in [-0.39, 0.29) is 36.3 Å². The summed E-state index contributed by atoms with van der Waals surface area (Å²) in [4.78, 5) is 46.7. The molecule has 1 aromatic carbocycles. The van der Waals surface area contributed by atoms with Crippen molar-refractivity contribution in [2.24, 2.45) is 5.92 Å². The number of carbonyl (C=O) groups is 3. The Morgan fingerprint density at radius 3 is 2.53 bits per heavy atom. The van der Waals surface area contributed by atoms with Crippen LogP contribution in [-0.4, -0.2) is 40.5 Å². The number of aromatic nitrogens is 2. The lowest BCUT2D eigenvalue weighted by Crippen LogP contribution is -2.45. The van der Waals surface area contributed by atoms with Crippen LogP contribution < -0.4 is 11.1 Å². The summed E-state index contributed by atoms with van der Waals surface area (Å²) in [6, 6.07) is 4.46. The lowest BCUT2D eigenvalue weighted by atomic mass is 10.0. The topological polar surface area (TPSA) is 134 Å². The van der Waals surface area contributed by atoms with Crippen molar-refractivity contribution < 1.29 is 28.2 Å². The minimum Gasteiger partial charge on any atom is -0.462 e. The van der Waals surface area contributed by atoms with Gasteiger partial charge >= 0.3 is 11.9 Å². The fourth-order valence-electron chi connectivity index (χ4n) is 3.26. The molecule has 0 spiro atoms. The molecule has 0 aliphatic rings. The predicted octanol–water partition coefficient (Wildman–Crippen LogP) is 3.40. The van der Waals surface area contributed by atoms with Crippen LogP contribution in [-0.2, 0) is 20.9 Å². The number of amides is 1. The summed E-state index contributed by atoms with van der Waals surface area (Å²) in [6.07, 6.45) is 0. The van der Waals surface area contributed by atoms with Crippen molar-refractivity contribution in [3.05, 3.63) is 51.9 Å². The van der Waals surface area contributed by atoms with Crippen molar-refractivity contribution in [1.29, 1.82) is 0 Å². The number of aryl methyl sites for hydroxylation is 1. The number of benzene rings is 1. The second-order valence-electron chi connectivity index (χ2n) is 7.76. The highest BCUT2D eigenvalue weighted by Crippen LogP contribution is 2.33. The molecule has 2 heterocycles. The van der Waals surface area contributed by atoms with E-state index in [0.29, 0.717) is 20.7 Å². The monoisotopic (exact) mass is 488 g/mol. The number of nitrogens with two attached hydrogens (primary N) is 1. The molecule has 9 nitrogen and oxygen atoms in total. The van der Waals surface area contributed by atoms with Gasteiger partial charge in [0.05, 0.1) is 17.6 Å². The maximum absolute atomic E-state index is 13.9. The van der Waals surface area contributed by atoms with Gasteiger partial charge in [0.2, 0.25) is 0 Å². The molecule has 0 unspecified atom stereocenters. The normalized spacial score (nSPS) is 11.9. The summed E-state index contributed by atoms with van der Waals surface area (Å²) in [5, 5.41) is 3.06. The fraction of sp³-hybridized carbons (Fsp3) is 0.348. The number of nitrogens with zero attached hydrogens (tertiary/aromatic N) is 2.